The molecule has 3 rings (SSSR count). The minimum absolute atomic E-state index is 0.0730. The number of carbonyl (C=O) groups excluding carboxylic acids is 1. The van der Waals surface area contributed by atoms with Crippen molar-refractivity contribution in [3.63, 3.8) is 0 Å². The number of hydrogen-bond acceptors (Lipinski definition) is 3. The Hall–Kier alpha value is -1.31. The van der Waals surface area contributed by atoms with Crippen molar-refractivity contribution in [2.75, 3.05) is 26.7 Å². The Kier molecular flexibility index (Phi) is 5.03. The summed E-state index contributed by atoms with van der Waals surface area (Å²) in [5.74, 6) is 0.0730. The third-order valence-electron chi connectivity index (χ3n) is 4.91. The maximum atomic E-state index is 12.9. The van der Waals surface area contributed by atoms with Crippen LogP contribution in [0.5, 0.6) is 0 Å². The van der Waals surface area contributed by atoms with E-state index >= 15 is 0 Å². The number of nitrogens with zero attached hydrogens (tertiary/aromatic N) is 2. The molecule has 0 saturated carbocycles. The minimum atomic E-state index is -3.35. The zero-order chi connectivity index (χ0) is 17.3. The zero-order valence-electron chi connectivity index (χ0n) is 13.6. The van der Waals surface area contributed by atoms with Gasteiger partial charge < -0.3 is 10.2 Å². The minimum Gasteiger partial charge on any atom is -0.341 e. The summed E-state index contributed by atoms with van der Waals surface area (Å²) in [6.07, 6.45) is 1.20. The fourth-order valence-corrected chi connectivity index (χ4v) is 6.09. The first-order valence-corrected chi connectivity index (χ1v) is 10.00. The first-order valence-electron chi connectivity index (χ1n) is 8.12. The van der Waals surface area contributed by atoms with E-state index in [-0.39, 0.29) is 11.9 Å². The van der Waals surface area contributed by atoms with Crippen molar-refractivity contribution in [3.05, 3.63) is 34.9 Å². The lowest BCUT2D eigenvalue weighted by Crippen LogP contribution is -2.39. The van der Waals surface area contributed by atoms with Gasteiger partial charge in [-0.25, -0.2) is 13.2 Å². The Bertz CT molecular complexity index is 725. The summed E-state index contributed by atoms with van der Waals surface area (Å²) in [6, 6.07) is 7.17. The smallest absolute Gasteiger partial charge is 0.317 e. The second kappa shape index (κ2) is 6.90. The van der Waals surface area contributed by atoms with E-state index in [0.717, 1.165) is 5.56 Å². The largest absolute Gasteiger partial charge is 0.341 e. The van der Waals surface area contributed by atoms with Crippen molar-refractivity contribution in [3.8, 4) is 0 Å². The molecule has 2 aliphatic heterocycles. The average Bonchev–Trinajstić information content (AvgIpc) is 2.69. The molecule has 2 aliphatic rings. The van der Waals surface area contributed by atoms with Crippen LogP contribution in [0.2, 0.25) is 5.02 Å². The van der Waals surface area contributed by atoms with Gasteiger partial charge in [0.05, 0.1) is 5.25 Å². The Labute approximate surface area is 147 Å². The summed E-state index contributed by atoms with van der Waals surface area (Å²) >= 11 is 5.99. The van der Waals surface area contributed by atoms with Gasteiger partial charge in [0.2, 0.25) is 10.0 Å². The Morgan fingerprint density at radius 2 is 2.08 bits per heavy atom. The molecule has 8 heteroatoms. The van der Waals surface area contributed by atoms with Crippen LogP contribution in [-0.4, -0.2) is 55.6 Å². The Balaban J connectivity index is 1.73. The van der Waals surface area contributed by atoms with Crippen LogP contribution in [0.25, 0.3) is 0 Å². The molecule has 132 valence electrons. The van der Waals surface area contributed by atoms with Crippen LogP contribution >= 0.6 is 11.6 Å². The summed E-state index contributed by atoms with van der Waals surface area (Å²) in [6.45, 7) is 1.95. The average molecular weight is 372 g/mol. The van der Waals surface area contributed by atoms with Gasteiger partial charge in [0.25, 0.3) is 0 Å². The van der Waals surface area contributed by atoms with Gasteiger partial charge in [-0.1, -0.05) is 23.7 Å². The number of carbonyl (C=O) groups is 1. The molecule has 0 radical (unpaired) electrons. The van der Waals surface area contributed by atoms with Crippen molar-refractivity contribution in [2.45, 2.75) is 24.6 Å². The summed E-state index contributed by atoms with van der Waals surface area (Å²) in [5.41, 5.74) is 0.898. The molecule has 0 aliphatic carbocycles. The maximum absolute atomic E-state index is 12.9. The van der Waals surface area contributed by atoms with E-state index in [0.29, 0.717) is 44.0 Å². The molecule has 6 nitrogen and oxygen atoms in total. The van der Waals surface area contributed by atoms with Crippen LogP contribution < -0.4 is 5.32 Å². The van der Waals surface area contributed by atoms with E-state index in [9.17, 15) is 13.2 Å². The topological polar surface area (TPSA) is 69.7 Å². The highest BCUT2D eigenvalue weighted by atomic mass is 35.5. The van der Waals surface area contributed by atoms with Crippen LogP contribution in [0.4, 0.5) is 4.79 Å². The highest BCUT2D eigenvalue weighted by Gasteiger charge is 2.47. The van der Waals surface area contributed by atoms with E-state index in [4.69, 9.17) is 11.6 Å². The standard InChI is InChI=1S/C16H22ClN3O3S/c1-18-16(21)19-7-5-13-11-20(24(22,23)15(13)6-8-19)10-12-3-2-4-14(17)9-12/h2-4,9,13,15H,5-8,10-11H2,1H3,(H,18,21)/t13-,15-/m1/s1. The number of fused-ring (bicyclic) bond motifs is 1. The van der Waals surface area contributed by atoms with Crippen molar-refractivity contribution < 1.29 is 13.2 Å². The van der Waals surface area contributed by atoms with Crippen LogP contribution in [-0.2, 0) is 16.6 Å². The molecule has 0 unspecified atom stereocenters. The number of halogens is 1. The molecule has 1 N–H and O–H groups in total. The molecular weight excluding hydrogens is 350 g/mol. The lowest BCUT2D eigenvalue weighted by atomic mass is 10.0. The molecule has 2 atom stereocenters. The summed E-state index contributed by atoms with van der Waals surface area (Å²) < 4.78 is 27.4. The van der Waals surface area contributed by atoms with Gasteiger partial charge in [-0.3, -0.25) is 0 Å². The molecule has 2 amide bonds. The highest BCUT2D eigenvalue weighted by Crippen LogP contribution is 2.35. The summed E-state index contributed by atoms with van der Waals surface area (Å²) in [5, 5.41) is 2.82. The molecule has 1 aromatic rings. The Morgan fingerprint density at radius 1 is 1.33 bits per heavy atom. The van der Waals surface area contributed by atoms with Gasteiger partial charge in [0.15, 0.2) is 0 Å². The van der Waals surface area contributed by atoms with Crippen LogP contribution in [0, 0.1) is 5.92 Å². The first kappa shape index (κ1) is 17.5. The zero-order valence-corrected chi connectivity index (χ0v) is 15.2. The highest BCUT2D eigenvalue weighted by molar-refractivity contribution is 7.90. The lowest BCUT2D eigenvalue weighted by Gasteiger charge is -2.21. The SMILES string of the molecule is CNC(=O)N1CC[C@@H]2CN(Cc3cccc(Cl)c3)S(=O)(=O)[C@@H]2CC1. The molecule has 2 saturated heterocycles. The number of nitrogens with one attached hydrogen (secondary N) is 1. The Morgan fingerprint density at radius 3 is 2.79 bits per heavy atom. The van der Waals surface area contributed by atoms with Gasteiger partial charge in [-0.2, -0.15) is 4.31 Å². The van der Waals surface area contributed by atoms with Gasteiger partial charge in [-0.15, -0.1) is 0 Å². The molecule has 0 aromatic heterocycles. The number of hydrogen-bond donors (Lipinski definition) is 1. The normalized spacial score (nSPS) is 26.7. The number of sulfonamides is 1. The molecule has 2 fully saturated rings. The van der Waals surface area contributed by atoms with E-state index in [2.05, 4.69) is 5.32 Å². The van der Waals surface area contributed by atoms with Gasteiger partial charge >= 0.3 is 6.03 Å². The first-order chi connectivity index (χ1) is 11.4. The lowest BCUT2D eigenvalue weighted by molar-refractivity contribution is 0.201. The second-order valence-corrected chi connectivity index (χ2v) is 8.97. The fraction of sp³-hybridized carbons (Fsp3) is 0.562. The van der Waals surface area contributed by atoms with Gasteiger partial charge in [-0.05, 0) is 36.5 Å². The van der Waals surface area contributed by atoms with Crippen molar-refractivity contribution >= 4 is 27.7 Å². The van der Waals surface area contributed by atoms with Crippen LogP contribution in [0.3, 0.4) is 0 Å². The van der Waals surface area contributed by atoms with Crippen LogP contribution in [0.1, 0.15) is 18.4 Å². The quantitative estimate of drug-likeness (QED) is 0.863. The predicted molar refractivity (Wildman–Crippen MR) is 93.3 cm³/mol. The number of rotatable bonds is 2. The number of benzene rings is 1. The van der Waals surface area contributed by atoms with E-state index in [1.54, 1.807) is 28.4 Å². The predicted octanol–water partition coefficient (Wildman–Crippen LogP) is 1.91. The van der Waals surface area contributed by atoms with Gasteiger partial charge in [0.1, 0.15) is 0 Å². The van der Waals surface area contributed by atoms with E-state index in [1.807, 2.05) is 12.1 Å². The monoisotopic (exact) mass is 371 g/mol. The number of urea groups is 1. The number of amides is 2. The fourth-order valence-electron chi connectivity index (χ4n) is 3.65. The van der Waals surface area contributed by atoms with E-state index in [1.165, 1.54) is 0 Å². The van der Waals surface area contributed by atoms with Crippen molar-refractivity contribution in [1.29, 1.82) is 0 Å². The third-order valence-corrected chi connectivity index (χ3v) is 7.53. The summed E-state index contributed by atoms with van der Waals surface area (Å²) in [7, 11) is -1.75. The second-order valence-electron chi connectivity index (χ2n) is 6.39. The molecule has 2 heterocycles. The van der Waals surface area contributed by atoms with E-state index < -0.39 is 15.3 Å². The molecule has 0 spiro atoms. The van der Waals surface area contributed by atoms with Crippen molar-refractivity contribution in [1.82, 2.24) is 14.5 Å². The number of likely N-dealkylation sites (tertiary alicyclic amines) is 1. The van der Waals surface area contributed by atoms with Crippen molar-refractivity contribution in [2.24, 2.45) is 5.92 Å². The maximum Gasteiger partial charge on any atom is 0.317 e. The third kappa shape index (κ3) is 3.38. The molecule has 0 bridgehead atoms. The summed E-state index contributed by atoms with van der Waals surface area (Å²) in [4.78, 5) is 13.5. The molecule has 1 aromatic carbocycles. The van der Waals surface area contributed by atoms with Gasteiger partial charge in [0, 0.05) is 38.2 Å². The molecular formula is C16H22ClN3O3S. The molecule has 24 heavy (non-hydrogen) atoms. The van der Waals surface area contributed by atoms with Crippen LogP contribution in [0.15, 0.2) is 24.3 Å².